The van der Waals surface area contributed by atoms with E-state index in [2.05, 4.69) is 4.99 Å². The van der Waals surface area contributed by atoms with E-state index in [4.69, 9.17) is 9.88 Å². The molecule has 2 N–H and O–H groups in total. The molecular formula is C21H23N3O5S3. The molecule has 0 aliphatic heterocycles. The first-order valence-electron chi connectivity index (χ1n) is 9.67. The molecule has 3 aromatic rings. The summed E-state index contributed by atoms with van der Waals surface area (Å²) in [7, 11) is -2.57. The number of amides is 1. The van der Waals surface area contributed by atoms with E-state index >= 15 is 0 Å². The van der Waals surface area contributed by atoms with Gasteiger partial charge in [-0.1, -0.05) is 29.0 Å². The predicted octanol–water partition coefficient (Wildman–Crippen LogP) is 2.83. The maximum atomic E-state index is 12.5. The number of methoxy groups -OCH3 is 1. The topological polar surface area (TPSA) is 121 Å². The Hall–Kier alpha value is -2.47. The second-order valence-electron chi connectivity index (χ2n) is 6.95. The fraction of sp³-hybridized carbons (Fsp3) is 0.286. The molecule has 0 aliphatic carbocycles. The highest BCUT2D eigenvalue weighted by Gasteiger charge is 2.14. The molecule has 0 unspecified atom stereocenters. The normalized spacial score (nSPS) is 12.3. The number of fused-ring (bicyclic) bond motifs is 1. The van der Waals surface area contributed by atoms with Crippen molar-refractivity contribution in [3.8, 4) is 0 Å². The third-order valence-electron chi connectivity index (χ3n) is 4.58. The number of hydrogen-bond acceptors (Lipinski definition) is 7. The van der Waals surface area contributed by atoms with Crippen molar-refractivity contribution in [2.45, 2.75) is 36.1 Å². The van der Waals surface area contributed by atoms with Gasteiger partial charge in [-0.2, -0.15) is 4.99 Å². The van der Waals surface area contributed by atoms with Crippen LogP contribution in [0.15, 0.2) is 57.2 Å². The minimum Gasteiger partial charge on any atom is -0.469 e. The number of aromatic nitrogens is 1. The van der Waals surface area contributed by atoms with E-state index in [0.717, 1.165) is 4.90 Å². The van der Waals surface area contributed by atoms with Gasteiger partial charge in [0.1, 0.15) is 0 Å². The fourth-order valence-corrected chi connectivity index (χ4v) is 5.46. The van der Waals surface area contributed by atoms with Crippen molar-refractivity contribution in [2.24, 2.45) is 10.1 Å². The zero-order valence-corrected chi connectivity index (χ0v) is 20.1. The molecule has 0 atom stereocenters. The Kier molecular flexibility index (Phi) is 7.88. The first kappa shape index (κ1) is 24.2. The molecule has 32 heavy (non-hydrogen) atoms. The van der Waals surface area contributed by atoms with Crippen LogP contribution >= 0.6 is 23.1 Å². The lowest BCUT2D eigenvalue weighted by Gasteiger charge is -2.05. The van der Waals surface area contributed by atoms with Crippen LogP contribution in [-0.2, 0) is 30.9 Å². The SMILES string of the molecule is COC(=O)CCn1c(=NC(=O)CCSc2ccc(C)cc2)sc2cc(S(N)(=O)=O)ccc21. The second-order valence-corrected chi connectivity index (χ2v) is 10.7. The summed E-state index contributed by atoms with van der Waals surface area (Å²) in [4.78, 5) is 29.8. The quantitative estimate of drug-likeness (QED) is 0.380. The first-order chi connectivity index (χ1) is 15.2. The largest absolute Gasteiger partial charge is 0.469 e. The Morgan fingerprint density at radius 3 is 2.53 bits per heavy atom. The van der Waals surface area contributed by atoms with Crippen molar-refractivity contribution < 1.29 is 22.7 Å². The van der Waals surface area contributed by atoms with E-state index in [0.29, 0.717) is 20.8 Å². The van der Waals surface area contributed by atoms with Crippen LogP contribution in [0.3, 0.4) is 0 Å². The van der Waals surface area contributed by atoms with Gasteiger partial charge in [0.2, 0.25) is 15.9 Å². The number of nitrogens with two attached hydrogens (primary N) is 1. The third-order valence-corrected chi connectivity index (χ3v) is 7.54. The minimum absolute atomic E-state index is 0.0289. The summed E-state index contributed by atoms with van der Waals surface area (Å²) in [5, 5.41) is 5.23. The summed E-state index contributed by atoms with van der Waals surface area (Å²) < 4.78 is 30.4. The monoisotopic (exact) mass is 493 g/mol. The van der Waals surface area contributed by atoms with Gasteiger partial charge in [0.25, 0.3) is 0 Å². The van der Waals surface area contributed by atoms with Gasteiger partial charge in [0, 0.05) is 23.6 Å². The highest BCUT2D eigenvalue weighted by molar-refractivity contribution is 7.99. The van der Waals surface area contributed by atoms with E-state index in [1.54, 1.807) is 22.4 Å². The van der Waals surface area contributed by atoms with E-state index in [1.807, 2.05) is 31.2 Å². The van der Waals surface area contributed by atoms with Crippen LogP contribution in [0.1, 0.15) is 18.4 Å². The average molecular weight is 494 g/mol. The molecule has 1 amide bonds. The Bertz CT molecular complexity index is 1310. The number of carbonyl (C=O) groups is 2. The molecule has 0 aliphatic rings. The van der Waals surface area contributed by atoms with Crippen LogP contribution in [0.5, 0.6) is 0 Å². The van der Waals surface area contributed by atoms with E-state index in [-0.39, 0.29) is 30.2 Å². The summed E-state index contributed by atoms with van der Waals surface area (Å²) in [6, 6.07) is 12.5. The maximum absolute atomic E-state index is 12.5. The van der Waals surface area contributed by atoms with Crippen molar-refractivity contribution >= 4 is 55.2 Å². The Balaban J connectivity index is 1.86. The minimum atomic E-state index is -3.87. The van der Waals surface area contributed by atoms with Gasteiger partial charge in [-0.05, 0) is 37.3 Å². The van der Waals surface area contributed by atoms with E-state index in [9.17, 15) is 18.0 Å². The number of primary sulfonamides is 1. The fourth-order valence-electron chi connectivity index (χ4n) is 2.89. The number of thiazole rings is 1. The number of aryl methyl sites for hydroxylation is 2. The molecule has 170 valence electrons. The number of ether oxygens (including phenoxy) is 1. The van der Waals surface area contributed by atoms with Crippen molar-refractivity contribution in [3.63, 3.8) is 0 Å². The van der Waals surface area contributed by atoms with Crippen molar-refractivity contribution in [1.82, 2.24) is 4.57 Å². The summed E-state index contributed by atoms with van der Waals surface area (Å²) in [5.74, 6) is -0.118. The van der Waals surface area contributed by atoms with Gasteiger partial charge in [0.05, 0.1) is 28.6 Å². The maximum Gasteiger partial charge on any atom is 0.307 e. The van der Waals surface area contributed by atoms with Crippen molar-refractivity contribution in [2.75, 3.05) is 12.9 Å². The molecule has 11 heteroatoms. The Morgan fingerprint density at radius 1 is 1.16 bits per heavy atom. The number of nitrogens with zero attached hydrogens (tertiary/aromatic N) is 2. The van der Waals surface area contributed by atoms with Crippen LogP contribution in [0, 0.1) is 6.92 Å². The smallest absolute Gasteiger partial charge is 0.307 e. The van der Waals surface area contributed by atoms with Crippen LogP contribution in [0.25, 0.3) is 10.2 Å². The molecule has 8 nitrogen and oxygen atoms in total. The van der Waals surface area contributed by atoms with Gasteiger partial charge in [0.15, 0.2) is 4.80 Å². The van der Waals surface area contributed by atoms with E-state index in [1.165, 1.54) is 36.1 Å². The predicted molar refractivity (Wildman–Crippen MR) is 125 cm³/mol. The van der Waals surface area contributed by atoms with Gasteiger partial charge in [-0.3, -0.25) is 9.59 Å². The molecule has 0 radical (unpaired) electrons. The molecule has 1 heterocycles. The van der Waals surface area contributed by atoms with Gasteiger partial charge < -0.3 is 9.30 Å². The zero-order valence-electron chi connectivity index (χ0n) is 17.6. The van der Waals surface area contributed by atoms with Crippen molar-refractivity contribution in [1.29, 1.82) is 0 Å². The first-order valence-corrected chi connectivity index (χ1v) is 13.0. The molecule has 0 saturated heterocycles. The molecule has 0 spiro atoms. The molecule has 0 fully saturated rings. The number of thioether (sulfide) groups is 1. The lowest BCUT2D eigenvalue weighted by atomic mass is 10.2. The standard InChI is InChI=1S/C21H23N3O5S3/c1-14-3-5-15(6-4-14)30-12-10-19(25)23-21-24(11-9-20(26)29-2)17-8-7-16(32(22,27)28)13-18(17)31-21/h3-8,13H,9-12H2,1-2H3,(H2,22,27,28). The van der Waals surface area contributed by atoms with Crippen LogP contribution in [0.4, 0.5) is 0 Å². The number of rotatable bonds is 8. The van der Waals surface area contributed by atoms with Crippen LogP contribution < -0.4 is 9.94 Å². The highest BCUT2D eigenvalue weighted by Crippen LogP contribution is 2.22. The molecule has 3 rings (SSSR count). The summed E-state index contributed by atoms with van der Waals surface area (Å²) >= 11 is 2.74. The van der Waals surface area contributed by atoms with Gasteiger partial charge in [-0.15, -0.1) is 11.8 Å². The highest BCUT2D eigenvalue weighted by atomic mass is 32.2. The van der Waals surface area contributed by atoms with Gasteiger partial charge >= 0.3 is 5.97 Å². The lowest BCUT2D eigenvalue weighted by Crippen LogP contribution is -2.19. The molecular weight excluding hydrogens is 470 g/mol. The number of esters is 1. The lowest BCUT2D eigenvalue weighted by molar-refractivity contribution is -0.140. The second kappa shape index (κ2) is 10.4. The summed E-state index contributed by atoms with van der Waals surface area (Å²) in [5.41, 5.74) is 1.83. The number of sulfonamides is 1. The number of benzene rings is 2. The van der Waals surface area contributed by atoms with Crippen molar-refractivity contribution in [3.05, 3.63) is 52.8 Å². The Morgan fingerprint density at radius 2 is 1.88 bits per heavy atom. The average Bonchev–Trinajstić information content (AvgIpc) is 3.08. The molecule has 2 aromatic carbocycles. The number of hydrogen-bond donors (Lipinski definition) is 1. The summed E-state index contributed by atoms with van der Waals surface area (Å²) in [6.45, 7) is 2.26. The van der Waals surface area contributed by atoms with Crippen LogP contribution in [-0.4, -0.2) is 37.7 Å². The molecule has 0 bridgehead atoms. The molecule has 1 aromatic heterocycles. The van der Waals surface area contributed by atoms with Crippen LogP contribution in [0.2, 0.25) is 0 Å². The third kappa shape index (κ3) is 6.28. The zero-order chi connectivity index (χ0) is 23.3. The number of carbonyl (C=O) groups excluding carboxylic acids is 2. The molecule has 0 saturated carbocycles. The summed E-state index contributed by atoms with van der Waals surface area (Å²) in [6.07, 6.45) is 0.330. The van der Waals surface area contributed by atoms with E-state index < -0.39 is 16.0 Å². The Labute approximate surface area is 194 Å². The van der Waals surface area contributed by atoms with Gasteiger partial charge in [-0.25, -0.2) is 13.6 Å².